The molecule has 1 saturated heterocycles. The molecule has 4 rings (SSSR count). The van der Waals surface area contributed by atoms with Crippen LogP contribution in [0.4, 0.5) is 0 Å². The molecular weight excluding hydrogens is 364 g/mol. The fraction of sp³-hybridized carbons (Fsp3) is 0.632. The maximum absolute atomic E-state index is 12.6. The minimum atomic E-state index is 0.101. The maximum atomic E-state index is 12.6. The van der Waals surface area contributed by atoms with Crippen LogP contribution in [0.2, 0.25) is 0 Å². The summed E-state index contributed by atoms with van der Waals surface area (Å²) in [5, 5.41) is 9.60. The highest BCUT2D eigenvalue weighted by molar-refractivity contribution is 7.99. The Balaban J connectivity index is 1.51. The van der Waals surface area contributed by atoms with Gasteiger partial charge >= 0.3 is 0 Å². The van der Waals surface area contributed by atoms with E-state index < -0.39 is 0 Å². The Kier molecular flexibility index (Phi) is 5.83. The third-order valence-electron chi connectivity index (χ3n) is 5.26. The zero-order chi connectivity index (χ0) is 18.6. The number of amides is 1. The molecule has 1 unspecified atom stereocenters. The van der Waals surface area contributed by atoms with E-state index in [2.05, 4.69) is 14.8 Å². The molecule has 2 aromatic heterocycles. The van der Waals surface area contributed by atoms with E-state index in [0.717, 1.165) is 29.6 Å². The highest BCUT2D eigenvalue weighted by atomic mass is 32.2. The van der Waals surface area contributed by atoms with Crippen molar-refractivity contribution in [1.29, 1.82) is 0 Å². The number of hydrogen-bond acceptors (Lipinski definition) is 6. The number of furan rings is 1. The molecule has 1 amide bonds. The molecule has 1 aliphatic heterocycles. The van der Waals surface area contributed by atoms with E-state index in [1.54, 1.807) is 6.26 Å². The summed E-state index contributed by atoms with van der Waals surface area (Å²) in [7, 11) is 0. The number of morpholine rings is 1. The van der Waals surface area contributed by atoms with Crippen molar-refractivity contribution >= 4 is 17.7 Å². The summed E-state index contributed by atoms with van der Waals surface area (Å²) in [4.78, 5) is 14.5. The summed E-state index contributed by atoms with van der Waals surface area (Å²) in [6.45, 7) is 3.93. The van der Waals surface area contributed by atoms with Crippen LogP contribution in [0.15, 0.2) is 28.0 Å². The second-order valence-electron chi connectivity index (χ2n) is 7.26. The van der Waals surface area contributed by atoms with Crippen LogP contribution >= 0.6 is 11.8 Å². The zero-order valence-corrected chi connectivity index (χ0v) is 16.5. The Morgan fingerprint density at radius 2 is 2.15 bits per heavy atom. The number of aromatic nitrogens is 3. The van der Waals surface area contributed by atoms with Gasteiger partial charge in [0.05, 0.1) is 24.7 Å². The molecule has 1 saturated carbocycles. The number of carbonyl (C=O) groups is 1. The average Bonchev–Trinajstić information content (AvgIpc) is 3.36. The van der Waals surface area contributed by atoms with E-state index >= 15 is 0 Å². The van der Waals surface area contributed by atoms with Crippen LogP contribution < -0.4 is 0 Å². The molecule has 2 fully saturated rings. The van der Waals surface area contributed by atoms with Gasteiger partial charge in [0.15, 0.2) is 10.9 Å². The standard InChI is InChI=1S/C19H26N4O3S/c1-14-12-22(9-11-25-14)17(24)13-27-19-21-20-18(16-8-5-10-26-16)23(19)15-6-3-2-4-7-15/h5,8,10,14-15H,2-4,6-7,9,11-13H2,1H3. The molecule has 0 N–H and O–H groups in total. The van der Waals surface area contributed by atoms with Crippen molar-refractivity contribution in [1.82, 2.24) is 19.7 Å². The molecule has 0 bridgehead atoms. The monoisotopic (exact) mass is 390 g/mol. The molecule has 0 radical (unpaired) electrons. The van der Waals surface area contributed by atoms with Gasteiger partial charge < -0.3 is 14.1 Å². The number of hydrogen-bond donors (Lipinski definition) is 0. The van der Waals surface area contributed by atoms with E-state index in [9.17, 15) is 4.79 Å². The van der Waals surface area contributed by atoms with Gasteiger partial charge in [0, 0.05) is 19.1 Å². The van der Waals surface area contributed by atoms with Gasteiger partial charge in [-0.1, -0.05) is 31.0 Å². The molecule has 27 heavy (non-hydrogen) atoms. The third-order valence-corrected chi connectivity index (χ3v) is 6.19. The Hall–Kier alpha value is -1.80. The summed E-state index contributed by atoms with van der Waals surface area (Å²) in [5.74, 6) is 2.00. The number of carbonyl (C=O) groups excluding carboxylic acids is 1. The van der Waals surface area contributed by atoms with E-state index in [1.165, 1.54) is 31.0 Å². The summed E-state index contributed by atoms with van der Waals surface area (Å²) >= 11 is 1.48. The third kappa shape index (κ3) is 4.21. The molecule has 2 aromatic rings. The van der Waals surface area contributed by atoms with Crippen LogP contribution in [-0.4, -0.2) is 57.1 Å². The van der Waals surface area contributed by atoms with Crippen LogP contribution in [0.1, 0.15) is 45.1 Å². The first-order valence-electron chi connectivity index (χ1n) is 9.73. The van der Waals surface area contributed by atoms with Gasteiger partial charge in [0.2, 0.25) is 11.7 Å². The van der Waals surface area contributed by atoms with Crippen LogP contribution in [0, 0.1) is 0 Å². The highest BCUT2D eigenvalue weighted by Crippen LogP contribution is 2.35. The van der Waals surface area contributed by atoms with Gasteiger partial charge in [0.25, 0.3) is 0 Å². The lowest BCUT2D eigenvalue weighted by molar-refractivity contribution is -0.135. The fourth-order valence-electron chi connectivity index (χ4n) is 3.88. The Morgan fingerprint density at radius 3 is 2.89 bits per heavy atom. The zero-order valence-electron chi connectivity index (χ0n) is 15.7. The minimum Gasteiger partial charge on any atom is -0.461 e. The Morgan fingerprint density at radius 1 is 1.30 bits per heavy atom. The van der Waals surface area contributed by atoms with Crippen LogP contribution in [-0.2, 0) is 9.53 Å². The fourth-order valence-corrected chi connectivity index (χ4v) is 4.79. The number of rotatable bonds is 5. The summed E-state index contributed by atoms with van der Waals surface area (Å²) in [5.41, 5.74) is 0. The highest BCUT2D eigenvalue weighted by Gasteiger charge is 2.27. The molecular formula is C19H26N4O3S. The lowest BCUT2D eigenvalue weighted by Gasteiger charge is -2.31. The first-order chi connectivity index (χ1) is 13.2. The average molecular weight is 391 g/mol. The van der Waals surface area contributed by atoms with Gasteiger partial charge in [0.1, 0.15) is 0 Å². The smallest absolute Gasteiger partial charge is 0.233 e. The van der Waals surface area contributed by atoms with Crippen molar-refractivity contribution in [3.05, 3.63) is 18.4 Å². The van der Waals surface area contributed by atoms with Crippen LogP contribution in [0.3, 0.4) is 0 Å². The second-order valence-corrected chi connectivity index (χ2v) is 8.20. The Labute approximate surface area is 163 Å². The van der Waals surface area contributed by atoms with Gasteiger partial charge in [-0.25, -0.2) is 0 Å². The molecule has 0 spiro atoms. The van der Waals surface area contributed by atoms with Gasteiger partial charge in [-0.15, -0.1) is 10.2 Å². The van der Waals surface area contributed by atoms with Crippen molar-refractivity contribution in [2.24, 2.45) is 0 Å². The first kappa shape index (κ1) is 18.6. The maximum Gasteiger partial charge on any atom is 0.233 e. The van der Waals surface area contributed by atoms with Crippen LogP contribution in [0.5, 0.6) is 0 Å². The first-order valence-corrected chi connectivity index (χ1v) is 10.7. The van der Waals surface area contributed by atoms with Crippen molar-refractivity contribution < 1.29 is 13.9 Å². The molecule has 8 heteroatoms. The number of thioether (sulfide) groups is 1. The van der Waals surface area contributed by atoms with E-state index in [-0.39, 0.29) is 12.0 Å². The Bertz CT molecular complexity index is 755. The lowest BCUT2D eigenvalue weighted by atomic mass is 9.95. The van der Waals surface area contributed by atoms with E-state index in [0.29, 0.717) is 31.5 Å². The molecule has 1 aliphatic carbocycles. The van der Waals surface area contributed by atoms with Gasteiger partial charge in [-0.3, -0.25) is 9.36 Å². The van der Waals surface area contributed by atoms with E-state index in [4.69, 9.17) is 9.15 Å². The van der Waals surface area contributed by atoms with Crippen molar-refractivity contribution in [2.75, 3.05) is 25.4 Å². The lowest BCUT2D eigenvalue weighted by Crippen LogP contribution is -2.45. The predicted octanol–water partition coefficient (Wildman–Crippen LogP) is 3.38. The molecule has 1 atom stereocenters. The molecule has 7 nitrogen and oxygen atoms in total. The van der Waals surface area contributed by atoms with Crippen molar-refractivity contribution in [3.8, 4) is 11.6 Å². The van der Waals surface area contributed by atoms with Gasteiger partial charge in [-0.05, 0) is 31.9 Å². The molecule has 3 heterocycles. The molecule has 0 aromatic carbocycles. The number of nitrogens with zero attached hydrogens (tertiary/aromatic N) is 4. The normalized spacial score (nSPS) is 21.5. The topological polar surface area (TPSA) is 73.4 Å². The van der Waals surface area contributed by atoms with E-state index in [1.807, 2.05) is 24.0 Å². The van der Waals surface area contributed by atoms with Crippen molar-refractivity contribution in [3.63, 3.8) is 0 Å². The SMILES string of the molecule is CC1CN(C(=O)CSc2nnc(-c3ccco3)n2C2CCCCC2)CCO1. The minimum absolute atomic E-state index is 0.101. The predicted molar refractivity (Wildman–Crippen MR) is 103 cm³/mol. The number of ether oxygens (including phenoxy) is 1. The molecule has 2 aliphatic rings. The molecule has 146 valence electrons. The summed E-state index contributed by atoms with van der Waals surface area (Å²) in [6, 6.07) is 4.15. The quantitative estimate of drug-likeness (QED) is 0.729. The van der Waals surface area contributed by atoms with Crippen molar-refractivity contribution in [2.45, 2.75) is 56.3 Å². The second kappa shape index (κ2) is 8.48. The largest absolute Gasteiger partial charge is 0.461 e. The summed E-state index contributed by atoms with van der Waals surface area (Å²) < 4.78 is 13.3. The van der Waals surface area contributed by atoms with Gasteiger partial charge in [-0.2, -0.15) is 0 Å². The van der Waals surface area contributed by atoms with Crippen LogP contribution in [0.25, 0.3) is 11.6 Å². The summed E-state index contributed by atoms with van der Waals surface area (Å²) in [6.07, 6.45) is 7.71.